The topological polar surface area (TPSA) is 52.6 Å². The van der Waals surface area contributed by atoms with Gasteiger partial charge in [-0.15, -0.1) is 0 Å². The maximum absolute atomic E-state index is 13.1. The Morgan fingerprint density at radius 3 is 2.09 bits per heavy atom. The Balaban J connectivity index is 1.80. The van der Waals surface area contributed by atoms with Crippen LogP contribution < -0.4 is 25.0 Å². The largest absolute Gasteiger partial charge is 0.493 e. The van der Waals surface area contributed by atoms with Crippen LogP contribution in [0, 0.1) is 20.0 Å². The Kier molecular flexibility index (Phi) is 9.77. The molecule has 1 radical (unpaired) electrons. The van der Waals surface area contributed by atoms with Gasteiger partial charge in [0.25, 0.3) is 0 Å². The maximum Gasteiger partial charge on any atom is 0.336 e. The summed E-state index contributed by atoms with van der Waals surface area (Å²) in [7, 11) is -3.88. The van der Waals surface area contributed by atoms with Crippen molar-refractivity contribution >= 4 is 10.1 Å². The van der Waals surface area contributed by atoms with E-state index in [1.165, 1.54) is 19.3 Å². The number of hydrogen-bond acceptors (Lipinski definition) is 4. The van der Waals surface area contributed by atoms with Gasteiger partial charge < -0.3 is 4.74 Å². The SMILES string of the molecule is CCCCC(CC)COc1ccc([I+](OS(=O)(=O)c2ccc(C)cc2)c2ccccc2)cc1. The molecular weight excluding hydrogens is 547 g/mol. The predicted molar refractivity (Wildman–Crippen MR) is 129 cm³/mol. The van der Waals surface area contributed by atoms with Crippen molar-refractivity contribution in [2.75, 3.05) is 6.61 Å². The number of hydrogen-bond donors (Lipinski definition) is 0. The number of benzene rings is 3. The highest BCUT2D eigenvalue weighted by Crippen LogP contribution is 2.16. The molecule has 0 saturated carbocycles. The molecule has 4 nitrogen and oxygen atoms in total. The lowest BCUT2D eigenvalue weighted by atomic mass is 10.0. The van der Waals surface area contributed by atoms with Crippen molar-refractivity contribution in [1.82, 2.24) is 0 Å². The number of ether oxygens (including phenoxy) is 1. The summed E-state index contributed by atoms with van der Waals surface area (Å²) in [5.41, 5.74) is 1.00. The predicted octanol–water partition coefficient (Wildman–Crippen LogP) is 3.57. The van der Waals surface area contributed by atoms with Crippen molar-refractivity contribution in [2.24, 2.45) is 5.92 Å². The van der Waals surface area contributed by atoms with Crippen molar-refractivity contribution in [3.8, 4) is 5.75 Å². The molecule has 1 atom stereocenters. The lowest BCUT2D eigenvalue weighted by Crippen LogP contribution is -3.85. The van der Waals surface area contributed by atoms with E-state index in [9.17, 15) is 8.42 Å². The fourth-order valence-electron chi connectivity index (χ4n) is 3.31. The summed E-state index contributed by atoms with van der Waals surface area (Å²) in [5.74, 6) is 1.36. The third-order valence-corrected chi connectivity index (χ3v) is 12.8. The first-order valence-electron chi connectivity index (χ1n) is 11.4. The lowest BCUT2D eigenvalue weighted by Gasteiger charge is -2.15. The molecule has 33 heavy (non-hydrogen) atoms. The standard InChI is InChI=1S/C27H33IO4S/c1-4-6-10-23(5-2)21-31-26-17-15-25(16-18-26)28(24-11-8-7-9-12-24)32-33(29,30)27-19-13-22(3)14-20-27/h7-9,11-20,23H,4-6,10,21H2,1-3H3/q+1. The highest BCUT2D eigenvalue weighted by atomic mass is 127. The quantitative estimate of drug-likeness (QED) is 0.308. The summed E-state index contributed by atoms with van der Waals surface area (Å²) in [6.07, 6.45) is 4.70. The van der Waals surface area contributed by atoms with Crippen LogP contribution in [0.2, 0.25) is 0 Å². The first kappa shape index (κ1) is 25.7. The van der Waals surface area contributed by atoms with Gasteiger partial charge in [-0.25, -0.2) is 0 Å². The minimum absolute atomic E-state index is 0.184. The Morgan fingerprint density at radius 2 is 1.48 bits per heavy atom. The van der Waals surface area contributed by atoms with E-state index in [0.29, 0.717) is 12.5 Å². The molecule has 0 heterocycles. The Labute approximate surface area is 206 Å². The second-order valence-corrected chi connectivity index (χ2v) is 14.6. The molecule has 6 heteroatoms. The van der Waals surface area contributed by atoms with E-state index in [2.05, 4.69) is 13.8 Å². The molecule has 3 aromatic rings. The molecule has 0 aliphatic heterocycles. The van der Waals surface area contributed by atoms with E-state index in [4.69, 9.17) is 7.25 Å². The fraction of sp³-hybridized carbons (Fsp3) is 0.333. The van der Waals surface area contributed by atoms with Gasteiger partial charge in [0.2, 0.25) is 0 Å². The highest BCUT2D eigenvalue weighted by Gasteiger charge is 2.37. The summed E-state index contributed by atoms with van der Waals surface area (Å²) in [6.45, 7) is 7.04. The average Bonchev–Trinajstić information content (AvgIpc) is 2.84. The van der Waals surface area contributed by atoms with Gasteiger partial charge in [0.15, 0.2) is 7.14 Å². The lowest BCUT2D eigenvalue weighted by molar-refractivity contribution is -1.03. The summed E-state index contributed by atoms with van der Waals surface area (Å²) in [6, 6.07) is 24.2. The Morgan fingerprint density at radius 1 is 0.848 bits per heavy atom. The third kappa shape index (κ3) is 7.55. The second-order valence-electron chi connectivity index (χ2n) is 8.06. The van der Waals surface area contributed by atoms with E-state index in [1.54, 1.807) is 24.3 Å². The van der Waals surface area contributed by atoms with Gasteiger partial charge in [0, 0.05) is 0 Å². The first-order valence-corrected chi connectivity index (χ1v) is 15.9. The number of rotatable bonds is 12. The van der Waals surface area contributed by atoms with Crippen molar-refractivity contribution in [3.63, 3.8) is 0 Å². The van der Waals surface area contributed by atoms with Crippen molar-refractivity contribution in [2.45, 2.75) is 51.3 Å². The van der Waals surface area contributed by atoms with Crippen molar-refractivity contribution in [1.29, 1.82) is 0 Å². The van der Waals surface area contributed by atoms with Crippen LogP contribution in [0.1, 0.15) is 45.1 Å². The van der Waals surface area contributed by atoms with Crippen LogP contribution in [-0.4, -0.2) is 15.0 Å². The molecular formula is C27H33IO4S+. The Hall–Kier alpha value is -1.90. The van der Waals surface area contributed by atoms with E-state index < -0.39 is 30.4 Å². The van der Waals surface area contributed by atoms with E-state index in [-0.39, 0.29) is 4.90 Å². The van der Waals surface area contributed by atoms with Gasteiger partial charge in [-0.1, -0.05) is 69.0 Å². The van der Waals surface area contributed by atoms with Gasteiger partial charge >= 0.3 is 30.4 Å². The monoisotopic (exact) mass is 580 g/mol. The zero-order chi connectivity index (χ0) is 23.7. The van der Waals surface area contributed by atoms with Crippen LogP contribution in [-0.2, 0) is 12.6 Å². The second kappa shape index (κ2) is 12.5. The van der Waals surface area contributed by atoms with Crippen LogP contribution in [0.15, 0.2) is 83.8 Å². The minimum Gasteiger partial charge on any atom is -0.493 e. The summed E-state index contributed by atoms with van der Waals surface area (Å²) >= 11 is -2.70. The van der Waals surface area contributed by atoms with Crippen LogP contribution in [0.4, 0.5) is 0 Å². The molecule has 1 unspecified atom stereocenters. The Bertz CT molecular complexity index is 1080. The smallest absolute Gasteiger partial charge is 0.336 e. The zero-order valence-electron chi connectivity index (χ0n) is 19.5. The van der Waals surface area contributed by atoms with Gasteiger partial charge in [-0.2, -0.15) is 8.42 Å². The average molecular weight is 581 g/mol. The molecule has 3 rings (SSSR count). The maximum atomic E-state index is 13.1. The van der Waals surface area contributed by atoms with Crippen LogP contribution >= 0.6 is 0 Å². The van der Waals surface area contributed by atoms with E-state index in [0.717, 1.165) is 24.9 Å². The summed E-state index contributed by atoms with van der Waals surface area (Å²) in [4.78, 5) is 0.184. The molecule has 177 valence electrons. The molecule has 3 aromatic carbocycles. The molecule has 0 spiro atoms. The van der Waals surface area contributed by atoms with Crippen LogP contribution in [0.3, 0.4) is 0 Å². The van der Waals surface area contributed by atoms with Gasteiger partial charge in [-0.3, -0.25) is 0 Å². The molecule has 0 fully saturated rings. The minimum atomic E-state index is -3.88. The molecule has 0 N–H and O–H groups in total. The van der Waals surface area contributed by atoms with Gasteiger partial charge in [-0.05, 0) is 70.3 Å². The first-order chi connectivity index (χ1) is 15.9. The molecule has 0 aromatic heterocycles. The molecule has 0 aliphatic carbocycles. The molecule has 0 amide bonds. The van der Waals surface area contributed by atoms with Crippen molar-refractivity contribution < 1.29 is 35.9 Å². The molecule has 0 aliphatic rings. The normalized spacial score (nSPS) is 12.6. The van der Waals surface area contributed by atoms with Crippen LogP contribution in [0.5, 0.6) is 5.75 Å². The highest BCUT2D eigenvalue weighted by molar-refractivity contribution is 7.86. The fourth-order valence-corrected chi connectivity index (χ4v) is 10.3. The summed E-state index contributed by atoms with van der Waals surface area (Å²) in [5, 5.41) is 0. The number of aryl methyl sites for hydroxylation is 1. The number of halogens is 1. The molecule has 0 saturated heterocycles. The third-order valence-electron chi connectivity index (χ3n) is 5.43. The van der Waals surface area contributed by atoms with Crippen molar-refractivity contribution in [3.05, 3.63) is 91.6 Å². The van der Waals surface area contributed by atoms with Gasteiger partial charge in [0.05, 0.1) is 11.5 Å². The summed E-state index contributed by atoms with van der Waals surface area (Å²) < 4.78 is 39.9. The van der Waals surface area contributed by atoms with Gasteiger partial charge in [0.1, 0.15) is 5.75 Å². The number of unbranched alkanes of at least 4 members (excludes halogenated alkanes) is 1. The zero-order valence-corrected chi connectivity index (χ0v) is 22.5. The van der Waals surface area contributed by atoms with E-state index >= 15 is 0 Å². The van der Waals surface area contributed by atoms with Crippen LogP contribution in [0.25, 0.3) is 0 Å². The van der Waals surface area contributed by atoms with E-state index in [1.807, 2.05) is 61.5 Å². The molecule has 0 bridgehead atoms.